The summed E-state index contributed by atoms with van der Waals surface area (Å²) in [7, 11) is 0. The fourth-order valence-corrected chi connectivity index (χ4v) is 1.89. The first-order valence-electron chi connectivity index (χ1n) is 4.58. The number of alkyl halides is 1. The van der Waals surface area contributed by atoms with Crippen molar-refractivity contribution in [1.82, 2.24) is 9.78 Å². The van der Waals surface area contributed by atoms with E-state index in [4.69, 9.17) is 11.6 Å². The van der Waals surface area contributed by atoms with Gasteiger partial charge < -0.3 is 0 Å². The third-order valence-corrected chi connectivity index (χ3v) is 2.97. The molecule has 1 aromatic carbocycles. The zero-order chi connectivity index (χ0) is 10.8. The predicted octanol–water partition coefficient (Wildman–Crippen LogP) is 3.68. The van der Waals surface area contributed by atoms with Crippen LogP contribution in [0.2, 0.25) is 0 Å². The molecule has 0 spiro atoms. The lowest BCUT2D eigenvalue weighted by Gasteiger charge is -2.05. The predicted molar refractivity (Wildman–Crippen MR) is 65.6 cm³/mol. The molecular weight excluding hydrogens is 275 g/mol. The Morgan fingerprint density at radius 2 is 2.20 bits per heavy atom. The molecule has 78 valence electrons. The Hall–Kier alpha value is -0.800. The third kappa shape index (κ3) is 2.24. The Morgan fingerprint density at radius 1 is 1.40 bits per heavy atom. The summed E-state index contributed by atoms with van der Waals surface area (Å²) in [4.78, 5) is 0. The van der Waals surface area contributed by atoms with Crippen LogP contribution >= 0.6 is 27.5 Å². The van der Waals surface area contributed by atoms with E-state index in [0.29, 0.717) is 5.88 Å². The van der Waals surface area contributed by atoms with Gasteiger partial charge in [-0.3, -0.25) is 0 Å². The Labute approximate surface area is 102 Å². The minimum Gasteiger partial charge on any atom is -0.240 e. The molecule has 15 heavy (non-hydrogen) atoms. The normalized spacial score (nSPS) is 10.6. The monoisotopic (exact) mass is 284 g/mol. The van der Waals surface area contributed by atoms with Gasteiger partial charge in [-0.15, -0.1) is 11.6 Å². The van der Waals surface area contributed by atoms with Gasteiger partial charge in [-0.2, -0.15) is 5.10 Å². The van der Waals surface area contributed by atoms with Gasteiger partial charge in [0.1, 0.15) is 0 Å². The van der Waals surface area contributed by atoms with Crippen molar-refractivity contribution in [2.24, 2.45) is 0 Å². The van der Waals surface area contributed by atoms with Crippen molar-refractivity contribution >= 4 is 27.5 Å². The first-order valence-corrected chi connectivity index (χ1v) is 5.90. The minimum atomic E-state index is 0.444. The van der Waals surface area contributed by atoms with Gasteiger partial charge in [-0.05, 0) is 30.7 Å². The molecule has 0 bridgehead atoms. The van der Waals surface area contributed by atoms with E-state index in [1.54, 1.807) is 0 Å². The lowest BCUT2D eigenvalue weighted by Crippen LogP contribution is -1.98. The quantitative estimate of drug-likeness (QED) is 0.770. The third-order valence-electron chi connectivity index (χ3n) is 2.20. The number of benzene rings is 1. The van der Waals surface area contributed by atoms with Crippen molar-refractivity contribution in [3.63, 3.8) is 0 Å². The van der Waals surface area contributed by atoms with Crippen LogP contribution in [0.1, 0.15) is 11.3 Å². The van der Waals surface area contributed by atoms with Gasteiger partial charge >= 0.3 is 0 Å². The number of halogens is 2. The SMILES string of the molecule is Cc1ccc(Br)cc1-n1ccc(CCl)n1. The number of aryl methyl sites for hydroxylation is 1. The van der Waals surface area contributed by atoms with Crippen LogP contribution in [0.3, 0.4) is 0 Å². The van der Waals surface area contributed by atoms with E-state index in [1.165, 1.54) is 5.56 Å². The smallest absolute Gasteiger partial charge is 0.0776 e. The van der Waals surface area contributed by atoms with Gasteiger partial charge in [-0.1, -0.05) is 22.0 Å². The van der Waals surface area contributed by atoms with Crippen LogP contribution in [0, 0.1) is 6.92 Å². The molecule has 1 heterocycles. The van der Waals surface area contributed by atoms with Crippen LogP contribution in [-0.2, 0) is 5.88 Å². The van der Waals surface area contributed by atoms with Crippen molar-refractivity contribution in [3.05, 3.63) is 46.2 Å². The molecule has 0 unspecified atom stereocenters. The van der Waals surface area contributed by atoms with Crippen LogP contribution in [-0.4, -0.2) is 9.78 Å². The summed E-state index contributed by atoms with van der Waals surface area (Å²) in [6.45, 7) is 2.06. The van der Waals surface area contributed by atoms with Gasteiger partial charge in [0, 0.05) is 10.7 Å². The number of hydrogen-bond acceptors (Lipinski definition) is 1. The van der Waals surface area contributed by atoms with E-state index in [9.17, 15) is 0 Å². The Balaban J connectivity index is 2.48. The maximum absolute atomic E-state index is 5.71. The molecule has 0 amide bonds. The molecule has 0 atom stereocenters. The molecular formula is C11H10BrClN2. The fourth-order valence-electron chi connectivity index (χ4n) is 1.40. The first-order chi connectivity index (χ1) is 7.20. The van der Waals surface area contributed by atoms with E-state index in [1.807, 2.05) is 29.1 Å². The second-order valence-electron chi connectivity index (χ2n) is 3.32. The molecule has 2 aromatic rings. The molecule has 2 rings (SSSR count). The van der Waals surface area contributed by atoms with Crippen molar-refractivity contribution in [2.45, 2.75) is 12.8 Å². The molecule has 1 aromatic heterocycles. The number of rotatable bonds is 2. The number of hydrogen-bond donors (Lipinski definition) is 0. The summed E-state index contributed by atoms with van der Waals surface area (Å²) in [6, 6.07) is 8.04. The molecule has 0 aliphatic carbocycles. The Bertz CT molecular complexity index is 479. The van der Waals surface area contributed by atoms with Crippen LogP contribution in [0.5, 0.6) is 0 Å². The molecule has 0 fully saturated rings. The number of aromatic nitrogens is 2. The first kappa shape index (κ1) is 10.7. The molecule has 0 aliphatic rings. The van der Waals surface area contributed by atoms with Crippen LogP contribution in [0.15, 0.2) is 34.9 Å². The standard InChI is InChI=1S/C11H10BrClN2/c1-8-2-3-9(12)6-11(8)15-5-4-10(7-13)14-15/h2-6H,7H2,1H3. The maximum atomic E-state index is 5.71. The topological polar surface area (TPSA) is 17.8 Å². The largest absolute Gasteiger partial charge is 0.240 e. The molecule has 0 saturated carbocycles. The lowest BCUT2D eigenvalue weighted by molar-refractivity contribution is 0.851. The summed E-state index contributed by atoms with van der Waals surface area (Å²) in [6.07, 6.45) is 1.92. The molecule has 0 aliphatic heterocycles. The lowest BCUT2D eigenvalue weighted by atomic mass is 10.2. The van der Waals surface area contributed by atoms with E-state index in [0.717, 1.165) is 15.9 Å². The van der Waals surface area contributed by atoms with E-state index in [-0.39, 0.29) is 0 Å². The van der Waals surface area contributed by atoms with Crippen LogP contribution in [0.25, 0.3) is 5.69 Å². The molecule has 0 N–H and O–H groups in total. The van der Waals surface area contributed by atoms with Crippen molar-refractivity contribution in [2.75, 3.05) is 0 Å². The van der Waals surface area contributed by atoms with Gasteiger partial charge in [0.15, 0.2) is 0 Å². The summed E-state index contributed by atoms with van der Waals surface area (Å²) in [5.74, 6) is 0.444. The Kier molecular flexibility index (Phi) is 3.12. The fraction of sp³-hybridized carbons (Fsp3) is 0.182. The average molecular weight is 286 g/mol. The highest BCUT2D eigenvalue weighted by Crippen LogP contribution is 2.19. The molecule has 0 radical (unpaired) electrons. The number of nitrogens with zero attached hydrogens (tertiary/aromatic N) is 2. The molecule has 2 nitrogen and oxygen atoms in total. The second kappa shape index (κ2) is 4.37. The highest BCUT2D eigenvalue weighted by Gasteiger charge is 2.03. The minimum absolute atomic E-state index is 0.444. The summed E-state index contributed by atoms with van der Waals surface area (Å²) in [5, 5.41) is 4.36. The maximum Gasteiger partial charge on any atom is 0.0776 e. The van der Waals surface area contributed by atoms with Gasteiger partial charge in [0.05, 0.1) is 17.3 Å². The van der Waals surface area contributed by atoms with Crippen LogP contribution in [0.4, 0.5) is 0 Å². The van der Waals surface area contributed by atoms with Crippen molar-refractivity contribution < 1.29 is 0 Å². The van der Waals surface area contributed by atoms with Gasteiger partial charge in [0.2, 0.25) is 0 Å². The van der Waals surface area contributed by atoms with E-state index >= 15 is 0 Å². The summed E-state index contributed by atoms with van der Waals surface area (Å²) >= 11 is 9.16. The van der Waals surface area contributed by atoms with Crippen LogP contribution < -0.4 is 0 Å². The zero-order valence-electron chi connectivity index (χ0n) is 8.24. The van der Waals surface area contributed by atoms with Crippen molar-refractivity contribution in [3.8, 4) is 5.69 Å². The van der Waals surface area contributed by atoms with Gasteiger partial charge in [0.25, 0.3) is 0 Å². The molecule has 0 saturated heterocycles. The summed E-state index contributed by atoms with van der Waals surface area (Å²) < 4.78 is 2.89. The zero-order valence-corrected chi connectivity index (χ0v) is 10.6. The van der Waals surface area contributed by atoms with E-state index < -0.39 is 0 Å². The Morgan fingerprint density at radius 3 is 2.87 bits per heavy atom. The highest BCUT2D eigenvalue weighted by molar-refractivity contribution is 9.10. The van der Waals surface area contributed by atoms with Gasteiger partial charge in [-0.25, -0.2) is 4.68 Å². The molecule has 4 heteroatoms. The highest BCUT2D eigenvalue weighted by atomic mass is 79.9. The van der Waals surface area contributed by atoms with E-state index in [2.05, 4.69) is 34.0 Å². The van der Waals surface area contributed by atoms with Crippen molar-refractivity contribution in [1.29, 1.82) is 0 Å². The summed E-state index contributed by atoms with van der Waals surface area (Å²) in [5.41, 5.74) is 3.14. The second-order valence-corrected chi connectivity index (χ2v) is 4.50. The average Bonchev–Trinajstić information content (AvgIpc) is 2.70.